The Hall–Kier alpha value is -0.710. The van der Waals surface area contributed by atoms with Crippen molar-refractivity contribution in [3.8, 4) is 5.75 Å². The maximum absolute atomic E-state index is 10.0. The third-order valence-corrected chi connectivity index (χ3v) is 4.33. The number of phenolic OH excluding ortho intramolecular Hbond substituents is 1. The molecule has 0 amide bonds. The van der Waals surface area contributed by atoms with Gasteiger partial charge in [0.2, 0.25) is 0 Å². The van der Waals surface area contributed by atoms with Gasteiger partial charge in [0, 0.05) is 14.5 Å². The van der Waals surface area contributed by atoms with Crippen molar-refractivity contribution in [3.63, 3.8) is 0 Å². The molecule has 0 aliphatic rings. The second-order valence-corrected chi connectivity index (χ2v) is 6.67. The molecule has 0 saturated heterocycles. The lowest BCUT2D eigenvalue weighted by Gasteiger charge is -2.21. The van der Waals surface area contributed by atoms with Crippen LogP contribution in [-0.2, 0) is 0 Å². The number of rotatable bonds is 4. The van der Waals surface area contributed by atoms with E-state index >= 15 is 0 Å². The Balaban J connectivity index is 2.31. The van der Waals surface area contributed by atoms with Crippen molar-refractivity contribution in [1.82, 2.24) is 0 Å². The first-order valence-electron chi connectivity index (χ1n) is 6.21. The number of anilines is 1. The van der Waals surface area contributed by atoms with Crippen LogP contribution in [0.4, 0.5) is 5.69 Å². The number of hydrogen-bond donors (Lipinski definition) is 2. The van der Waals surface area contributed by atoms with Crippen LogP contribution in [0.3, 0.4) is 0 Å². The van der Waals surface area contributed by atoms with Gasteiger partial charge in [-0.3, -0.25) is 0 Å². The van der Waals surface area contributed by atoms with Crippen LogP contribution in [0.1, 0.15) is 24.9 Å². The van der Waals surface area contributed by atoms with Gasteiger partial charge < -0.3 is 10.4 Å². The van der Waals surface area contributed by atoms with Gasteiger partial charge in [-0.1, -0.05) is 50.4 Å². The average Bonchev–Trinajstić information content (AvgIpc) is 2.41. The molecule has 2 aromatic rings. The predicted molar refractivity (Wildman–Crippen MR) is 91.6 cm³/mol. The third-order valence-electron chi connectivity index (χ3n) is 3.03. The monoisotopic (exact) mass is 417 g/mol. The maximum Gasteiger partial charge on any atom is 0.120 e. The van der Waals surface area contributed by atoms with Gasteiger partial charge in [0.1, 0.15) is 5.75 Å². The number of benzene rings is 2. The van der Waals surface area contributed by atoms with Crippen molar-refractivity contribution in [2.75, 3.05) is 5.32 Å². The minimum absolute atomic E-state index is 0.00817. The summed E-state index contributed by atoms with van der Waals surface area (Å²) in [6.07, 6.45) is 0.830. The molecule has 0 fully saturated rings. The summed E-state index contributed by atoms with van der Waals surface area (Å²) in [7, 11) is 0. The fraction of sp³-hybridized carbons (Fsp3) is 0.200. The van der Waals surface area contributed by atoms with Gasteiger partial charge in [-0.25, -0.2) is 0 Å². The molecular weight excluding hydrogens is 405 g/mol. The van der Waals surface area contributed by atoms with E-state index in [-0.39, 0.29) is 11.8 Å². The third kappa shape index (κ3) is 3.68. The highest BCUT2D eigenvalue weighted by Crippen LogP contribution is 2.34. The molecule has 0 saturated carbocycles. The van der Waals surface area contributed by atoms with Crippen LogP contribution in [0, 0.1) is 0 Å². The molecule has 0 aliphatic heterocycles. The highest BCUT2D eigenvalue weighted by atomic mass is 79.9. The fourth-order valence-corrected chi connectivity index (χ4v) is 3.11. The molecular formula is C15H14Br2ClNO. The van der Waals surface area contributed by atoms with Gasteiger partial charge in [0.05, 0.1) is 16.8 Å². The minimum atomic E-state index is -0.00817. The molecule has 0 aliphatic carbocycles. The molecule has 0 spiro atoms. The zero-order valence-corrected chi connectivity index (χ0v) is 14.8. The molecule has 2 N–H and O–H groups in total. The van der Waals surface area contributed by atoms with Crippen LogP contribution in [0.25, 0.3) is 0 Å². The average molecular weight is 420 g/mol. The number of aromatic hydroxyl groups is 1. The van der Waals surface area contributed by atoms with Crippen molar-refractivity contribution >= 4 is 49.1 Å². The minimum Gasteiger partial charge on any atom is -0.508 e. The van der Waals surface area contributed by atoms with E-state index < -0.39 is 0 Å². The molecule has 1 unspecified atom stereocenters. The molecule has 1 atom stereocenters. The van der Waals surface area contributed by atoms with E-state index in [1.807, 2.05) is 30.3 Å². The number of phenols is 1. The fourth-order valence-electron chi connectivity index (χ4n) is 2.00. The van der Waals surface area contributed by atoms with Gasteiger partial charge in [0.15, 0.2) is 0 Å². The molecule has 2 rings (SSSR count). The van der Waals surface area contributed by atoms with Gasteiger partial charge in [-0.15, -0.1) is 0 Å². The predicted octanol–water partition coefficient (Wildman–Crippen LogP) is 6.13. The van der Waals surface area contributed by atoms with Gasteiger partial charge in [-0.2, -0.15) is 0 Å². The molecule has 0 heterocycles. The Morgan fingerprint density at radius 3 is 2.45 bits per heavy atom. The number of halogens is 3. The number of nitrogens with one attached hydrogen (secondary N) is 1. The molecule has 0 radical (unpaired) electrons. The maximum atomic E-state index is 10.0. The molecule has 2 aromatic carbocycles. The summed E-state index contributed by atoms with van der Waals surface area (Å²) in [5.41, 5.74) is 1.70. The van der Waals surface area contributed by atoms with Gasteiger partial charge in [-0.05, 0) is 42.8 Å². The SMILES string of the molecule is CCC(Nc1ccc(Br)cc1Cl)c1cc(Br)ccc1O. The zero-order valence-electron chi connectivity index (χ0n) is 10.8. The van der Waals surface area contributed by atoms with E-state index in [9.17, 15) is 5.11 Å². The largest absolute Gasteiger partial charge is 0.508 e. The van der Waals surface area contributed by atoms with Crippen molar-refractivity contribution in [2.24, 2.45) is 0 Å². The first-order valence-corrected chi connectivity index (χ1v) is 8.17. The van der Waals surface area contributed by atoms with Crippen LogP contribution in [0.2, 0.25) is 5.02 Å². The molecule has 0 bridgehead atoms. The quantitative estimate of drug-likeness (QED) is 0.624. The Labute approximate surface area is 140 Å². The summed E-state index contributed by atoms with van der Waals surface area (Å²) in [5, 5.41) is 14.0. The summed E-state index contributed by atoms with van der Waals surface area (Å²) < 4.78 is 1.87. The highest BCUT2D eigenvalue weighted by molar-refractivity contribution is 9.10. The summed E-state index contributed by atoms with van der Waals surface area (Å²) >= 11 is 13.0. The Bertz CT molecular complexity index is 619. The lowest BCUT2D eigenvalue weighted by molar-refractivity contribution is 0.462. The second-order valence-electron chi connectivity index (χ2n) is 4.43. The topological polar surface area (TPSA) is 32.3 Å². The van der Waals surface area contributed by atoms with E-state index in [2.05, 4.69) is 44.1 Å². The molecule has 2 nitrogen and oxygen atoms in total. The van der Waals surface area contributed by atoms with Crippen LogP contribution < -0.4 is 5.32 Å². The second kappa shape index (κ2) is 6.83. The lowest BCUT2D eigenvalue weighted by atomic mass is 10.0. The van der Waals surface area contributed by atoms with Crippen molar-refractivity contribution < 1.29 is 5.11 Å². The summed E-state index contributed by atoms with van der Waals surface area (Å²) in [5.74, 6) is 0.279. The van der Waals surface area contributed by atoms with E-state index in [4.69, 9.17) is 11.6 Å². The standard InChI is InChI=1S/C15H14Br2ClNO/c1-2-13(11-7-9(16)4-6-15(11)20)19-14-5-3-10(17)8-12(14)18/h3-8,13,19-20H,2H2,1H3. The van der Waals surface area contributed by atoms with Crippen molar-refractivity contribution in [1.29, 1.82) is 0 Å². The number of hydrogen-bond acceptors (Lipinski definition) is 2. The van der Waals surface area contributed by atoms with Crippen molar-refractivity contribution in [2.45, 2.75) is 19.4 Å². The Morgan fingerprint density at radius 1 is 1.15 bits per heavy atom. The Morgan fingerprint density at radius 2 is 1.80 bits per heavy atom. The molecule has 5 heteroatoms. The lowest BCUT2D eigenvalue weighted by Crippen LogP contribution is -2.10. The molecule has 106 valence electrons. The van der Waals surface area contributed by atoms with E-state index in [0.29, 0.717) is 5.02 Å². The van der Waals surface area contributed by atoms with E-state index in [0.717, 1.165) is 26.6 Å². The molecule has 20 heavy (non-hydrogen) atoms. The van der Waals surface area contributed by atoms with Gasteiger partial charge >= 0.3 is 0 Å². The van der Waals surface area contributed by atoms with Crippen LogP contribution in [0.15, 0.2) is 45.3 Å². The van der Waals surface area contributed by atoms with Gasteiger partial charge in [0.25, 0.3) is 0 Å². The first-order chi connectivity index (χ1) is 9.51. The highest BCUT2D eigenvalue weighted by Gasteiger charge is 2.15. The summed E-state index contributed by atoms with van der Waals surface area (Å²) in [4.78, 5) is 0. The zero-order chi connectivity index (χ0) is 14.7. The van der Waals surface area contributed by atoms with E-state index in [1.54, 1.807) is 6.07 Å². The summed E-state index contributed by atoms with van der Waals surface area (Å²) in [6, 6.07) is 11.1. The first kappa shape index (κ1) is 15.7. The Kier molecular flexibility index (Phi) is 5.35. The van der Waals surface area contributed by atoms with Crippen molar-refractivity contribution in [3.05, 3.63) is 55.9 Å². The van der Waals surface area contributed by atoms with Crippen LogP contribution in [0.5, 0.6) is 5.75 Å². The summed E-state index contributed by atoms with van der Waals surface area (Å²) in [6.45, 7) is 2.06. The molecule has 0 aromatic heterocycles. The normalized spacial score (nSPS) is 12.2. The smallest absolute Gasteiger partial charge is 0.120 e. The van der Waals surface area contributed by atoms with E-state index in [1.165, 1.54) is 0 Å². The van der Waals surface area contributed by atoms with Crippen LogP contribution in [-0.4, -0.2) is 5.11 Å². The van der Waals surface area contributed by atoms with Crippen LogP contribution >= 0.6 is 43.5 Å².